The van der Waals surface area contributed by atoms with Crippen LogP contribution in [0.5, 0.6) is 0 Å². The van der Waals surface area contributed by atoms with Crippen LogP contribution in [0, 0.1) is 5.92 Å². The summed E-state index contributed by atoms with van der Waals surface area (Å²) in [5.41, 5.74) is 2.13. The molecule has 1 aromatic rings. The van der Waals surface area contributed by atoms with Crippen molar-refractivity contribution in [3.05, 3.63) is 35.4 Å². The molecule has 1 N–H and O–H groups in total. The minimum absolute atomic E-state index is 0.195. The van der Waals surface area contributed by atoms with E-state index in [2.05, 4.69) is 29.3 Å². The van der Waals surface area contributed by atoms with Gasteiger partial charge in [0.2, 0.25) is 0 Å². The van der Waals surface area contributed by atoms with Crippen LogP contribution in [0.2, 0.25) is 0 Å². The molecule has 0 saturated carbocycles. The molecule has 2 heterocycles. The third kappa shape index (κ3) is 3.87. The lowest BCUT2D eigenvalue weighted by Gasteiger charge is -2.31. The predicted molar refractivity (Wildman–Crippen MR) is 88.9 cm³/mol. The Balaban J connectivity index is 1.59. The molecule has 1 amide bonds. The van der Waals surface area contributed by atoms with Crippen LogP contribution in [0.25, 0.3) is 0 Å². The second-order valence-electron chi connectivity index (χ2n) is 6.72. The normalized spacial score (nSPS) is 23.5. The van der Waals surface area contributed by atoms with E-state index >= 15 is 0 Å². The molecule has 120 valence electrons. The second-order valence-corrected chi connectivity index (χ2v) is 6.72. The SMILES string of the molecule is CC1CCCN(C(=O)c2ccc(CN3CCNCC3)cc2)C1. The second kappa shape index (κ2) is 7.25. The van der Waals surface area contributed by atoms with Crippen LogP contribution in [0.3, 0.4) is 0 Å². The zero-order chi connectivity index (χ0) is 15.4. The van der Waals surface area contributed by atoms with Crippen LogP contribution in [-0.2, 0) is 6.54 Å². The van der Waals surface area contributed by atoms with Crippen molar-refractivity contribution < 1.29 is 4.79 Å². The number of carbonyl (C=O) groups excluding carboxylic acids is 1. The van der Waals surface area contributed by atoms with Gasteiger partial charge in [0, 0.05) is 51.4 Å². The first-order valence-corrected chi connectivity index (χ1v) is 8.53. The van der Waals surface area contributed by atoms with Crippen LogP contribution in [0.15, 0.2) is 24.3 Å². The number of piperazine rings is 1. The van der Waals surface area contributed by atoms with Gasteiger partial charge in [-0.2, -0.15) is 0 Å². The van der Waals surface area contributed by atoms with Crippen molar-refractivity contribution in [1.29, 1.82) is 0 Å². The molecule has 3 rings (SSSR count). The zero-order valence-corrected chi connectivity index (χ0v) is 13.6. The van der Waals surface area contributed by atoms with E-state index in [-0.39, 0.29) is 5.91 Å². The first-order valence-electron chi connectivity index (χ1n) is 8.53. The number of nitrogens with zero attached hydrogens (tertiary/aromatic N) is 2. The number of amides is 1. The van der Waals surface area contributed by atoms with Crippen molar-refractivity contribution >= 4 is 5.91 Å². The van der Waals surface area contributed by atoms with Crippen molar-refractivity contribution in [3.63, 3.8) is 0 Å². The largest absolute Gasteiger partial charge is 0.338 e. The van der Waals surface area contributed by atoms with E-state index in [9.17, 15) is 4.79 Å². The Morgan fingerprint density at radius 1 is 1.18 bits per heavy atom. The van der Waals surface area contributed by atoms with Gasteiger partial charge in [-0.05, 0) is 36.5 Å². The molecule has 0 spiro atoms. The Morgan fingerprint density at radius 3 is 2.59 bits per heavy atom. The lowest BCUT2D eigenvalue weighted by Crippen LogP contribution is -2.42. The Kier molecular flexibility index (Phi) is 5.11. The Bertz CT molecular complexity index is 494. The van der Waals surface area contributed by atoms with Crippen LogP contribution < -0.4 is 5.32 Å². The first kappa shape index (κ1) is 15.5. The third-order valence-corrected chi connectivity index (χ3v) is 4.76. The quantitative estimate of drug-likeness (QED) is 0.927. The van der Waals surface area contributed by atoms with Crippen LogP contribution in [-0.4, -0.2) is 55.0 Å². The maximum atomic E-state index is 12.6. The van der Waals surface area contributed by atoms with Crippen molar-refractivity contribution in [3.8, 4) is 0 Å². The molecule has 2 aliphatic rings. The van der Waals surface area contributed by atoms with E-state index in [0.29, 0.717) is 5.92 Å². The van der Waals surface area contributed by atoms with Gasteiger partial charge in [0.1, 0.15) is 0 Å². The Hall–Kier alpha value is -1.39. The maximum absolute atomic E-state index is 12.6. The predicted octanol–water partition coefficient (Wildman–Crippen LogP) is 1.96. The molecule has 2 aliphatic heterocycles. The molecule has 0 bridgehead atoms. The Morgan fingerprint density at radius 2 is 1.91 bits per heavy atom. The highest BCUT2D eigenvalue weighted by Crippen LogP contribution is 2.18. The molecule has 2 saturated heterocycles. The highest BCUT2D eigenvalue weighted by atomic mass is 16.2. The van der Waals surface area contributed by atoms with Crippen molar-refractivity contribution in [2.24, 2.45) is 5.92 Å². The van der Waals surface area contributed by atoms with Gasteiger partial charge < -0.3 is 10.2 Å². The van der Waals surface area contributed by atoms with Crippen LogP contribution in [0.4, 0.5) is 0 Å². The summed E-state index contributed by atoms with van der Waals surface area (Å²) in [5, 5.41) is 3.37. The third-order valence-electron chi connectivity index (χ3n) is 4.76. The first-order chi connectivity index (χ1) is 10.7. The molecule has 4 nitrogen and oxygen atoms in total. The monoisotopic (exact) mass is 301 g/mol. The van der Waals surface area contributed by atoms with Crippen LogP contribution >= 0.6 is 0 Å². The zero-order valence-electron chi connectivity index (χ0n) is 13.6. The average molecular weight is 301 g/mol. The molecule has 0 aromatic heterocycles. The summed E-state index contributed by atoms with van der Waals surface area (Å²) in [6.45, 7) is 9.38. The molecule has 0 radical (unpaired) electrons. The minimum Gasteiger partial charge on any atom is -0.338 e. The summed E-state index contributed by atoms with van der Waals surface area (Å²) < 4.78 is 0. The number of nitrogens with one attached hydrogen (secondary N) is 1. The van der Waals surface area contributed by atoms with Gasteiger partial charge in [0.05, 0.1) is 0 Å². The average Bonchev–Trinajstić information content (AvgIpc) is 2.56. The summed E-state index contributed by atoms with van der Waals surface area (Å²) in [6, 6.07) is 8.23. The molecule has 4 heteroatoms. The number of piperidine rings is 1. The summed E-state index contributed by atoms with van der Waals surface area (Å²) in [7, 11) is 0. The van der Waals surface area contributed by atoms with Crippen molar-refractivity contribution in [2.45, 2.75) is 26.3 Å². The standard InChI is InChI=1S/C18H27N3O/c1-15-3-2-10-21(13-15)18(22)17-6-4-16(5-7-17)14-20-11-8-19-9-12-20/h4-7,15,19H,2-3,8-14H2,1H3. The summed E-state index contributed by atoms with van der Waals surface area (Å²) in [4.78, 5) is 17.0. The van der Waals surface area contributed by atoms with E-state index in [4.69, 9.17) is 0 Å². The van der Waals surface area contributed by atoms with E-state index in [1.807, 2.05) is 17.0 Å². The smallest absolute Gasteiger partial charge is 0.253 e. The summed E-state index contributed by atoms with van der Waals surface area (Å²) in [5.74, 6) is 0.824. The van der Waals surface area contributed by atoms with Gasteiger partial charge in [-0.3, -0.25) is 9.69 Å². The number of benzene rings is 1. The van der Waals surface area contributed by atoms with E-state index in [1.165, 1.54) is 12.0 Å². The number of carbonyl (C=O) groups is 1. The molecular formula is C18H27N3O. The number of likely N-dealkylation sites (tertiary alicyclic amines) is 1. The summed E-state index contributed by atoms with van der Waals surface area (Å²) >= 11 is 0. The van der Waals surface area contributed by atoms with Gasteiger partial charge in [0.15, 0.2) is 0 Å². The Labute approximate surface area is 133 Å². The topological polar surface area (TPSA) is 35.6 Å². The maximum Gasteiger partial charge on any atom is 0.253 e. The van der Waals surface area contributed by atoms with E-state index in [0.717, 1.165) is 57.8 Å². The highest BCUT2D eigenvalue weighted by molar-refractivity contribution is 5.94. The number of hydrogen-bond acceptors (Lipinski definition) is 3. The van der Waals surface area contributed by atoms with Gasteiger partial charge >= 0.3 is 0 Å². The molecule has 1 aromatic carbocycles. The molecule has 22 heavy (non-hydrogen) atoms. The number of rotatable bonds is 3. The highest BCUT2D eigenvalue weighted by Gasteiger charge is 2.21. The fourth-order valence-electron chi connectivity index (χ4n) is 3.44. The molecule has 1 unspecified atom stereocenters. The van der Waals surface area contributed by atoms with Crippen molar-refractivity contribution in [2.75, 3.05) is 39.3 Å². The van der Waals surface area contributed by atoms with Crippen LogP contribution in [0.1, 0.15) is 35.7 Å². The van der Waals surface area contributed by atoms with Crippen molar-refractivity contribution in [1.82, 2.24) is 15.1 Å². The van der Waals surface area contributed by atoms with Gasteiger partial charge in [-0.15, -0.1) is 0 Å². The fourth-order valence-corrected chi connectivity index (χ4v) is 3.44. The molecule has 1 atom stereocenters. The van der Waals surface area contributed by atoms with E-state index < -0.39 is 0 Å². The fraction of sp³-hybridized carbons (Fsp3) is 0.611. The summed E-state index contributed by atoms with van der Waals surface area (Å²) in [6.07, 6.45) is 2.38. The molecular weight excluding hydrogens is 274 g/mol. The minimum atomic E-state index is 0.195. The number of hydrogen-bond donors (Lipinski definition) is 1. The lowest BCUT2D eigenvalue weighted by molar-refractivity contribution is 0.0683. The van der Waals surface area contributed by atoms with Gasteiger partial charge in [-0.1, -0.05) is 19.1 Å². The molecule has 2 fully saturated rings. The van der Waals surface area contributed by atoms with E-state index in [1.54, 1.807) is 0 Å². The molecule has 0 aliphatic carbocycles. The van der Waals surface area contributed by atoms with Gasteiger partial charge in [0.25, 0.3) is 5.91 Å². The van der Waals surface area contributed by atoms with Gasteiger partial charge in [-0.25, -0.2) is 0 Å². The lowest BCUT2D eigenvalue weighted by atomic mass is 9.99.